The number of alkyl halides is 1. The van der Waals surface area contributed by atoms with Crippen molar-refractivity contribution >= 4 is 23.4 Å². The SMILES string of the molecule is CNC(=O)CN1CCC(NC(=O)CCCCCl)CC1. The summed E-state index contributed by atoms with van der Waals surface area (Å²) in [5, 5.41) is 5.68. The molecule has 0 unspecified atom stereocenters. The molecule has 1 fully saturated rings. The molecule has 0 radical (unpaired) electrons. The van der Waals surface area contributed by atoms with Crippen LogP contribution in [0, 0.1) is 0 Å². The number of carbonyl (C=O) groups is 2. The van der Waals surface area contributed by atoms with E-state index in [0.29, 0.717) is 18.8 Å². The van der Waals surface area contributed by atoms with Crippen LogP contribution in [0.3, 0.4) is 0 Å². The van der Waals surface area contributed by atoms with Crippen LogP contribution in [0.4, 0.5) is 0 Å². The van der Waals surface area contributed by atoms with E-state index in [-0.39, 0.29) is 17.9 Å². The van der Waals surface area contributed by atoms with Crippen LogP contribution >= 0.6 is 11.6 Å². The summed E-state index contributed by atoms with van der Waals surface area (Å²) < 4.78 is 0. The molecule has 1 saturated heterocycles. The smallest absolute Gasteiger partial charge is 0.233 e. The summed E-state index contributed by atoms with van der Waals surface area (Å²) in [6.45, 7) is 2.17. The summed E-state index contributed by atoms with van der Waals surface area (Å²) in [4.78, 5) is 25.0. The highest BCUT2D eigenvalue weighted by molar-refractivity contribution is 6.17. The summed E-state index contributed by atoms with van der Waals surface area (Å²) in [5.41, 5.74) is 0. The highest BCUT2D eigenvalue weighted by Gasteiger charge is 2.21. The number of nitrogens with zero attached hydrogens (tertiary/aromatic N) is 1. The average molecular weight is 290 g/mol. The van der Waals surface area contributed by atoms with Gasteiger partial charge in [-0.05, 0) is 25.7 Å². The van der Waals surface area contributed by atoms with E-state index in [1.807, 2.05) is 0 Å². The number of piperidine rings is 1. The van der Waals surface area contributed by atoms with Gasteiger partial charge in [-0.2, -0.15) is 0 Å². The van der Waals surface area contributed by atoms with Gasteiger partial charge in [-0.15, -0.1) is 11.6 Å². The van der Waals surface area contributed by atoms with Crippen molar-refractivity contribution in [2.24, 2.45) is 0 Å². The quantitative estimate of drug-likeness (QED) is 0.536. The molecule has 0 saturated carbocycles. The van der Waals surface area contributed by atoms with Gasteiger partial charge < -0.3 is 10.6 Å². The van der Waals surface area contributed by atoms with Crippen LogP contribution in [-0.4, -0.2) is 55.3 Å². The van der Waals surface area contributed by atoms with Crippen LogP contribution < -0.4 is 10.6 Å². The summed E-state index contributed by atoms with van der Waals surface area (Å²) in [5.74, 6) is 0.781. The number of hydrogen-bond donors (Lipinski definition) is 2. The maximum absolute atomic E-state index is 11.7. The van der Waals surface area contributed by atoms with E-state index in [1.54, 1.807) is 7.05 Å². The van der Waals surface area contributed by atoms with Gasteiger partial charge >= 0.3 is 0 Å². The molecule has 1 aliphatic rings. The van der Waals surface area contributed by atoms with Gasteiger partial charge in [-0.1, -0.05) is 0 Å². The molecule has 0 aliphatic carbocycles. The van der Waals surface area contributed by atoms with Gasteiger partial charge in [0.05, 0.1) is 6.54 Å². The maximum Gasteiger partial charge on any atom is 0.233 e. The molecule has 2 N–H and O–H groups in total. The van der Waals surface area contributed by atoms with Gasteiger partial charge in [-0.25, -0.2) is 0 Å². The van der Waals surface area contributed by atoms with Crippen molar-refractivity contribution in [2.75, 3.05) is 32.6 Å². The number of amides is 2. The first kappa shape index (κ1) is 16.2. The second kappa shape index (κ2) is 9.15. The number of halogens is 1. The van der Waals surface area contributed by atoms with Crippen LogP contribution in [0.5, 0.6) is 0 Å². The molecular formula is C13H24ClN3O2. The minimum absolute atomic E-state index is 0.0450. The van der Waals surface area contributed by atoms with Crippen LogP contribution in [0.25, 0.3) is 0 Å². The number of rotatable bonds is 7. The number of hydrogen-bond acceptors (Lipinski definition) is 3. The fourth-order valence-corrected chi connectivity index (χ4v) is 2.39. The Morgan fingerprint density at radius 3 is 2.47 bits per heavy atom. The number of unbranched alkanes of at least 4 members (excludes halogenated alkanes) is 1. The monoisotopic (exact) mass is 289 g/mol. The molecule has 6 heteroatoms. The zero-order chi connectivity index (χ0) is 14.1. The minimum atomic E-state index is 0.0450. The normalized spacial score (nSPS) is 17.2. The van der Waals surface area contributed by atoms with Crippen LogP contribution in [0.15, 0.2) is 0 Å². The first-order valence-corrected chi connectivity index (χ1v) is 7.47. The predicted molar refractivity (Wildman–Crippen MR) is 76.2 cm³/mol. The standard InChI is InChI=1S/C13H24ClN3O2/c1-15-13(19)10-17-8-5-11(6-9-17)16-12(18)4-2-3-7-14/h11H,2-10H2,1H3,(H,15,19)(H,16,18). The molecule has 0 bridgehead atoms. The number of carbonyl (C=O) groups excluding carboxylic acids is 2. The van der Waals surface area contributed by atoms with Crippen molar-refractivity contribution < 1.29 is 9.59 Å². The Kier molecular flexibility index (Phi) is 7.82. The summed E-state index contributed by atoms with van der Waals surface area (Å²) >= 11 is 5.58. The molecular weight excluding hydrogens is 266 g/mol. The summed E-state index contributed by atoms with van der Waals surface area (Å²) in [7, 11) is 1.65. The zero-order valence-electron chi connectivity index (χ0n) is 11.6. The molecule has 0 aromatic carbocycles. The lowest BCUT2D eigenvalue weighted by Gasteiger charge is -2.31. The van der Waals surface area contributed by atoms with Crippen molar-refractivity contribution in [1.29, 1.82) is 0 Å². The van der Waals surface area contributed by atoms with Crippen molar-refractivity contribution in [3.8, 4) is 0 Å². The summed E-state index contributed by atoms with van der Waals surface area (Å²) in [6, 6.07) is 0.254. The molecule has 0 atom stereocenters. The second-order valence-corrected chi connectivity index (χ2v) is 5.32. The lowest BCUT2D eigenvalue weighted by molar-refractivity contribution is -0.124. The molecule has 0 aromatic heterocycles. The third kappa shape index (κ3) is 6.78. The fraction of sp³-hybridized carbons (Fsp3) is 0.846. The third-order valence-corrected chi connectivity index (χ3v) is 3.65. The Labute approximate surface area is 120 Å². The molecule has 0 spiro atoms. The average Bonchev–Trinajstić information content (AvgIpc) is 2.41. The van der Waals surface area contributed by atoms with E-state index in [9.17, 15) is 9.59 Å². The molecule has 1 rings (SSSR count). The van der Waals surface area contributed by atoms with E-state index >= 15 is 0 Å². The van der Waals surface area contributed by atoms with Crippen molar-refractivity contribution in [2.45, 2.75) is 38.1 Å². The van der Waals surface area contributed by atoms with Crippen molar-refractivity contribution in [3.05, 3.63) is 0 Å². The topological polar surface area (TPSA) is 61.4 Å². The maximum atomic E-state index is 11.7. The van der Waals surface area contributed by atoms with Gasteiger partial charge in [0.15, 0.2) is 0 Å². The van der Waals surface area contributed by atoms with Gasteiger partial charge in [0.25, 0.3) is 0 Å². The lowest BCUT2D eigenvalue weighted by atomic mass is 10.0. The molecule has 0 aromatic rings. The molecule has 2 amide bonds. The van der Waals surface area contributed by atoms with Gasteiger partial charge in [0.1, 0.15) is 0 Å². The minimum Gasteiger partial charge on any atom is -0.358 e. The van der Waals surface area contributed by atoms with E-state index < -0.39 is 0 Å². The molecule has 110 valence electrons. The van der Waals surface area contributed by atoms with Gasteiger partial charge in [-0.3, -0.25) is 14.5 Å². The lowest BCUT2D eigenvalue weighted by Crippen LogP contribution is -2.47. The Bertz CT molecular complexity index is 292. The Morgan fingerprint density at radius 2 is 1.89 bits per heavy atom. The predicted octanol–water partition coefficient (Wildman–Crippen LogP) is 0.722. The van der Waals surface area contributed by atoms with Crippen molar-refractivity contribution in [3.63, 3.8) is 0 Å². The Morgan fingerprint density at radius 1 is 1.21 bits per heavy atom. The van der Waals surface area contributed by atoms with E-state index in [2.05, 4.69) is 15.5 Å². The largest absolute Gasteiger partial charge is 0.358 e. The fourth-order valence-electron chi connectivity index (χ4n) is 2.20. The number of nitrogens with one attached hydrogen (secondary N) is 2. The van der Waals surface area contributed by atoms with E-state index in [0.717, 1.165) is 38.8 Å². The van der Waals surface area contributed by atoms with Crippen LogP contribution in [-0.2, 0) is 9.59 Å². The first-order valence-electron chi connectivity index (χ1n) is 6.94. The summed E-state index contributed by atoms with van der Waals surface area (Å²) in [6.07, 6.45) is 4.13. The molecule has 1 aliphatic heterocycles. The first-order chi connectivity index (χ1) is 9.15. The Balaban J connectivity index is 2.15. The van der Waals surface area contributed by atoms with E-state index in [1.165, 1.54) is 0 Å². The molecule has 19 heavy (non-hydrogen) atoms. The van der Waals surface area contributed by atoms with Gasteiger partial charge in [0, 0.05) is 38.5 Å². The zero-order valence-corrected chi connectivity index (χ0v) is 12.3. The number of likely N-dealkylation sites (N-methyl/N-ethyl adjacent to an activating group) is 1. The van der Waals surface area contributed by atoms with Crippen LogP contribution in [0.1, 0.15) is 32.1 Å². The third-order valence-electron chi connectivity index (χ3n) is 3.39. The van der Waals surface area contributed by atoms with E-state index in [4.69, 9.17) is 11.6 Å². The Hall–Kier alpha value is -0.810. The number of likely N-dealkylation sites (tertiary alicyclic amines) is 1. The molecule has 5 nitrogen and oxygen atoms in total. The van der Waals surface area contributed by atoms with Crippen molar-refractivity contribution in [1.82, 2.24) is 15.5 Å². The van der Waals surface area contributed by atoms with Gasteiger partial charge in [0.2, 0.25) is 11.8 Å². The highest BCUT2D eigenvalue weighted by atomic mass is 35.5. The highest BCUT2D eigenvalue weighted by Crippen LogP contribution is 2.10. The van der Waals surface area contributed by atoms with Crippen LogP contribution in [0.2, 0.25) is 0 Å². The second-order valence-electron chi connectivity index (χ2n) is 4.94. The molecule has 1 heterocycles.